The maximum Gasteiger partial charge on any atom is 0.194 e. The SMILES string of the molecule is CCNC(CC)c1ccc(-c2cc(F)c(F)c(F)c2)o1. The average Bonchev–Trinajstić information content (AvgIpc) is 2.91. The highest BCUT2D eigenvalue weighted by Gasteiger charge is 2.16. The fourth-order valence-corrected chi connectivity index (χ4v) is 2.09. The van der Waals surface area contributed by atoms with E-state index < -0.39 is 17.5 Å². The van der Waals surface area contributed by atoms with E-state index in [1.807, 2.05) is 13.8 Å². The number of benzene rings is 1. The number of hydrogen-bond donors (Lipinski definition) is 1. The van der Waals surface area contributed by atoms with Gasteiger partial charge in [0.05, 0.1) is 6.04 Å². The van der Waals surface area contributed by atoms with Crippen LogP contribution in [0.2, 0.25) is 0 Å². The zero-order valence-electron chi connectivity index (χ0n) is 11.3. The molecule has 20 heavy (non-hydrogen) atoms. The summed E-state index contributed by atoms with van der Waals surface area (Å²) < 4.78 is 44.9. The van der Waals surface area contributed by atoms with E-state index in [4.69, 9.17) is 4.42 Å². The Balaban J connectivity index is 2.33. The largest absolute Gasteiger partial charge is 0.459 e. The van der Waals surface area contributed by atoms with Crippen molar-refractivity contribution in [3.05, 3.63) is 47.5 Å². The van der Waals surface area contributed by atoms with Crippen molar-refractivity contribution in [3.63, 3.8) is 0 Å². The number of nitrogens with one attached hydrogen (secondary N) is 1. The van der Waals surface area contributed by atoms with Gasteiger partial charge in [0.25, 0.3) is 0 Å². The van der Waals surface area contributed by atoms with Crippen LogP contribution in [0.4, 0.5) is 13.2 Å². The van der Waals surface area contributed by atoms with Crippen molar-refractivity contribution in [2.45, 2.75) is 26.3 Å². The van der Waals surface area contributed by atoms with Gasteiger partial charge in [-0.05, 0) is 37.2 Å². The maximum atomic E-state index is 13.2. The van der Waals surface area contributed by atoms with Crippen LogP contribution in [0.25, 0.3) is 11.3 Å². The molecule has 108 valence electrons. The van der Waals surface area contributed by atoms with E-state index in [2.05, 4.69) is 5.32 Å². The normalized spacial score (nSPS) is 12.7. The Hall–Kier alpha value is -1.75. The summed E-state index contributed by atoms with van der Waals surface area (Å²) in [5, 5.41) is 3.24. The van der Waals surface area contributed by atoms with Crippen molar-refractivity contribution >= 4 is 0 Å². The third kappa shape index (κ3) is 2.88. The molecule has 0 radical (unpaired) electrons. The Morgan fingerprint density at radius 3 is 2.30 bits per heavy atom. The molecule has 0 fully saturated rings. The fraction of sp³-hybridized carbons (Fsp3) is 0.333. The number of rotatable bonds is 5. The molecule has 0 bridgehead atoms. The molecule has 0 saturated heterocycles. The van der Waals surface area contributed by atoms with Crippen LogP contribution in [0, 0.1) is 17.5 Å². The molecule has 0 spiro atoms. The summed E-state index contributed by atoms with van der Waals surface area (Å²) >= 11 is 0. The Morgan fingerprint density at radius 2 is 1.75 bits per heavy atom. The zero-order valence-corrected chi connectivity index (χ0v) is 11.3. The average molecular weight is 283 g/mol. The lowest BCUT2D eigenvalue weighted by Crippen LogP contribution is -2.19. The van der Waals surface area contributed by atoms with Gasteiger partial charge < -0.3 is 9.73 Å². The molecule has 1 aromatic heterocycles. The van der Waals surface area contributed by atoms with Crippen LogP contribution < -0.4 is 5.32 Å². The van der Waals surface area contributed by atoms with Gasteiger partial charge in [-0.2, -0.15) is 0 Å². The first-order valence-electron chi connectivity index (χ1n) is 6.54. The molecule has 1 N–H and O–H groups in total. The lowest BCUT2D eigenvalue weighted by atomic mass is 10.1. The van der Waals surface area contributed by atoms with Gasteiger partial charge >= 0.3 is 0 Å². The second-order valence-electron chi connectivity index (χ2n) is 4.47. The number of furan rings is 1. The van der Waals surface area contributed by atoms with E-state index in [9.17, 15) is 13.2 Å². The van der Waals surface area contributed by atoms with Crippen molar-refractivity contribution in [1.82, 2.24) is 5.32 Å². The molecule has 0 saturated carbocycles. The first-order chi connectivity index (χ1) is 9.56. The second kappa shape index (κ2) is 6.13. The van der Waals surface area contributed by atoms with E-state index in [-0.39, 0.29) is 11.6 Å². The predicted octanol–water partition coefficient (Wildman–Crippen LogP) is 4.42. The molecule has 0 amide bonds. The molecule has 1 heterocycles. The fourth-order valence-electron chi connectivity index (χ4n) is 2.09. The Bertz CT molecular complexity index is 572. The van der Waals surface area contributed by atoms with Crippen LogP contribution in [0.3, 0.4) is 0 Å². The van der Waals surface area contributed by atoms with Crippen LogP contribution in [0.15, 0.2) is 28.7 Å². The summed E-state index contributed by atoms with van der Waals surface area (Å²) in [6.45, 7) is 4.78. The van der Waals surface area contributed by atoms with E-state index in [0.29, 0.717) is 11.5 Å². The van der Waals surface area contributed by atoms with Crippen molar-refractivity contribution < 1.29 is 17.6 Å². The van der Waals surface area contributed by atoms with Crippen LogP contribution in [-0.2, 0) is 0 Å². The van der Waals surface area contributed by atoms with Gasteiger partial charge in [0.2, 0.25) is 0 Å². The van der Waals surface area contributed by atoms with Crippen molar-refractivity contribution in [3.8, 4) is 11.3 Å². The summed E-state index contributed by atoms with van der Waals surface area (Å²) in [7, 11) is 0. The monoisotopic (exact) mass is 283 g/mol. The summed E-state index contributed by atoms with van der Waals surface area (Å²) in [6.07, 6.45) is 0.826. The Kier molecular flexibility index (Phi) is 4.49. The molecular formula is C15H16F3NO. The second-order valence-corrected chi connectivity index (χ2v) is 4.47. The Labute approximate surface area is 115 Å². The van der Waals surface area contributed by atoms with Gasteiger partial charge in [0.1, 0.15) is 11.5 Å². The lowest BCUT2D eigenvalue weighted by molar-refractivity contribution is 0.415. The minimum Gasteiger partial charge on any atom is -0.459 e. The summed E-state index contributed by atoms with van der Waals surface area (Å²) in [4.78, 5) is 0. The minimum absolute atomic E-state index is 0.0453. The van der Waals surface area contributed by atoms with Crippen molar-refractivity contribution in [2.24, 2.45) is 0 Å². The van der Waals surface area contributed by atoms with Crippen molar-refractivity contribution in [1.29, 1.82) is 0 Å². The first kappa shape index (κ1) is 14.7. The van der Waals surface area contributed by atoms with Crippen LogP contribution >= 0.6 is 0 Å². The standard InChI is InChI=1S/C15H16F3NO/c1-3-12(19-4-2)14-6-5-13(20-14)9-7-10(16)15(18)11(17)8-9/h5-8,12,19H,3-4H2,1-2H3. The molecular weight excluding hydrogens is 267 g/mol. The van der Waals surface area contributed by atoms with E-state index in [1.165, 1.54) is 0 Å². The van der Waals surface area contributed by atoms with Gasteiger partial charge in [-0.15, -0.1) is 0 Å². The highest BCUT2D eigenvalue weighted by atomic mass is 19.2. The minimum atomic E-state index is -1.47. The molecule has 1 atom stereocenters. The van der Waals surface area contributed by atoms with E-state index in [1.54, 1.807) is 12.1 Å². The van der Waals surface area contributed by atoms with E-state index in [0.717, 1.165) is 25.1 Å². The molecule has 2 rings (SSSR count). The molecule has 5 heteroatoms. The quantitative estimate of drug-likeness (QED) is 0.821. The highest BCUT2D eigenvalue weighted by molar-refractivity contribution is 5.58. The third-order valence-corrected chi connectivity index (χ3v) is 3.10. The molecule has 1 unspecified atom stereocenters. The predicted molar refractivity (Wildman–Crippen MR) is 70.7 cm³/mol. The molecule has 2 nitrogen and oxygen atoms in total. The third-order valence-electron chi connectivity index (χ3n) is 3.10. The lowest BCUT2D eigenvalue weighted by Gasteiger charge is -2.12. The molecule has 1 aromatic carbocycles. The zero-order chi connectivity index (χ0) is 14.7. The van der Waals surface area contributed by atoms with Crippen LogP contribution in [0.5, 0.6) is 0 Å². The summed E-state index contributed by atoms with van der Waals surface area (Å²) in [5.74, 6) is -2.92. The van der Waals surface area contributed by atoms with Gasteiger partial charge in [0.15, 0.2) is 17.5 Å². The molecule has 0 aliphatic carbocycles. The number of halogens is 3. The highest BCUT2D eigenvalue weighted by Crippen LogP contribution is 2.28. The summed E-state index contributed by atoms with van der Waals surface area (Å²) in [5.41, 5.74) is 0.180. The maximum absolute atomic E-state index is 13.2. The van der Waals surface area contributed by atoms with Crippen LogP contribution in [0.1, 0.15) is 32.1 Å². The molecule has 0 aliphatic rings. The smallest absolute Gasteiger partial charge is 0.194 e. The van der Waals surface area contributed by atoms with Gasteiger partial charge in [-0.25, -0.2) is 13.2 Å². The molecule has 0 aliphatic heterocycles. The van der Waals surface area contributed by atoms with Gasteiger partial charge in [0, 0.05) is 5.56 Å². The van der Waals surface area contributed by atoms with Gasteiger partial charge in [-0.1, -0.05) is 13.8 Å². The number of hydrogen-bond acceptors (Lipinski definition) is 2. The van der Waals surface area contributed by atoms with Gasteiger partial charge in [-0.3, -0.25) is 0 Å². The summed E-state index contributed by atoms with van der Waals surface area (Å²) in [6, 6.07) is 5.28. The first-order valence-corrected chi connectivity index (χ1v) is 6.54. The van der Waals surface area contributed by atoms with Crippen LogP contribution in [-0.4, -0.2) is 6.54 Å². The van der Waals surface area contributed by atoms with Crippen molar-refractivity contribution in [2.75, 3.05) is 6.54 Å². The Morgan fingerprint density at radius 1 is 1.10 bits per heavy atom. The van der Waals surface area contributed by atoms with E-state index >= 15 is 0 Å². The molecule has 2 aromatic rings. The topological polar surface area (TPSA) is 25.2 Å².